The second-order valence-corrected chi connectivity index (χ2v) is 9.30. The Hall–Kier alpha value is -2.89. The van der Waals surface area contributed by atoms with Gasteiger partial charge in [-0.3, -0.25) is 0 Å². The van der Waals surface area contributed by atoms with E-state index in [4.69, 9.17) is 14.2 Å². The molecule has 1 aliphatic rings. The lowest BCUT2D eigenvalue weighted by Gasteiger charge is -2.44. The number of rotatable bonds is 10. The van der Waals surface area contributed by atoms with Crippen molar-refractivity contribution in [3.8, 4) is 5.75 Å². The fourth-order valence-electron chi connectivity index (χ4n) is 4.28. The monoisotopic (exact) mass is 463 g/mol. The molecular formula is C29H34FNO3. The second kappa shape index (κ2) is 11.0. The summed E-state index contributed by atoms with van der Waals surface area (Å²) in [5.41, 5.74) is 3.35. The van der Waals surface area contributed by atoms with Crippen molar-refractivity contribution in [1.29, 1.82) is 0 Å². The van der Waals surface area contributed by atoms with Crippen molar-refractivity contribution in [2.75, 3.05) is 11.9 Å². The average Bonchev–Trinajstić information content (AvgIpc) is 2.82. The normalized spacial score (nSPS) is 18.7. The van der Waals surface area contributed by atoms with E-state index < -0.39 is 5.60 Å². The van der Waals surface area contributed by atoms with Crippen molar-refractivity contribution in [1.82, 2.24) is 0 Å². The van der Waals surface area contributed by atoms with E-state index in [1.807, 2.05) is 50.2 Å². The molecule has 0 saturated carbocycles. The summed E-state index contributed by atoms with van der Waals surface area (Å²) in [4.78, 5) is 0. The van der Waals surface area contributed by atoms with Gasteiger partial charge in [0.15, 0.2) is 0 Å². The Balaban J connectivity index is 1.58. The summed E-state index contributed by atoms with van der Waals surface area (Å²) < 4.78 is 32.9. The molecule has 1 aliphatic heterocycles. The summed E-state index contributed by atoms with van der Waals surface area (Å²) in [6, 6.07) is 22.9. The Morgan fingerprint density at radius 2 is 1.74 bits per heavy atom. The van der Waals surface area contributed by atoms with Crippen LogP contribution in [0.15, 0.2) is 72.8 Å². The molecule has 0 bridgehead atoms. The molecule has 0 amide bonds. The largest absolute Gasteiger partial charge is 0.485 e. The topological polar surface area (TPSA) is 39.7 Å². The van der Waals surface area contributed by atoms with E-state index in [1.54, 1.807) is 6.07 Å². The number of nitrogens with one attached hydrogen (secondary N) is 1. The molecule has 4 nitrogen and oxygen atoms in total. The number of unbranched alkanes of at least 4 members (excludes halogenated alkanes) is 1. The molecule has 3 aromatic rings. The Labute approximate surface area is 202 Å². The van der Waals surface area contributed by atoms with Gasteiger partial charge in [0, 0.05) is 24.4 Å². The minimum Gasteiger partial charge on any atom is -0.485 e. The molecule has 0 aliphatic carbocycles. The van der Waals surface area contributed by atoms with Crippen LogP contribution in [0.25, 0.3) is 0 Å². The average molecular weight is 464 g/mol. The highest BCUT2D eigenvalue weighted by molar-refractivity contribution is 5.54. The van der Waals surface area contributed by atoms with Crippen LogP contribution in [0.4, 0.5) is 10.1 Å². The molecule has 5 heteroatoms. The smallest absolute Gasteiger partial charge is 0.132 e. The van der Waals surface area contributed by atoms with Gasteiger partial charge in [-0.25, -0.2) is 4.39 Å². The molecular weight excluding hydrogens is 429 g/mol. The van der Waals surface area contributed by atoms with E-state index in [0.717, 1.165) is 42.0 Å². The highest BCUT2D eigenvalue weighted by Gasteiger charge is 2.45. The van der Waals surface area contributed by atoms with Gasteiger partial charge in [0.25, 0.3) is 0 Å². The van der Waals surface area contributed by atoms with Gasteiger partial charge >= 0.3 is 0 Å². The molecule has 0 saturated heterocycles. The van der Waals surface area contributed by atoms with Crippen LogP contribution in [0.3, 0.4) is 0 Å². The fourth-order valence-corrected chi connectivity index (χ4v) is 4.28. The van der Waals surface area contributed by atoms with Gasteiger partial charge in [0.05, 0.1) is 6.61 Å². The lowest BCUT2D eigenvalue weighted by Crippen LogP contribution is -2.51. The first-order valence-corrected chi connectivity index (χ1v) is 12.0. The zero-order chi connectivity index (χ0) is 24.0. The molecule has 2 unspecified atom stereocenters. The quantitative estimate of drug-likeness (QED) is 0.327. The number of halogens is 1. The molecule has 1 N–H and O–H groups in total. The number of anilines is 1. The predicted molar refractivity (Wildman–Crippen MR) is 133 cm³/mol. The molecule has 180 valence electrons. The van der Waals surface area contributed by atoms with Crippen molar-refractivity contribution in [3.63, 3.8) is 0 Å². The van der Waals surface area contributed by atoms with E-state index >= 15 is 0 Å². The van der Waals surface area contributed by atoms with E-state index in [-0.39, 0.29) is 24.6 Å². The first kappa shape index (κ1) is 24.2. The number of ether oxygens (including phenoxy) is 3. The van der Waals surface area contributed by atoms with Crippen LogP contribution >= 0.6 is 0 Å². The van der Waals surface area contributed by atoms with Crippen molar-refractivity contribution in [2.45, 2.75) is 64.6 Å². The summed E-state index contributed by atoms with van der Waals surface area (Å²) in [5.74, 6) is 0.540. The second-order valence-electron chi connectivity index (χ2n) is 9.30. The van der Waals surface area contributed by atoms with Gasteiger partial charge < -0.3 is 19.5 Å². The fraction of sp³-hybridized carbons (Fsp3) is 0.379. The third-order valence-corrected chi connectivity index (χ3v) is 6.10. The predicted octanol–water partition coefficient (Wildman–Crippen LogP) is 7.05. The maximum atomic E-state index is 13.7. The number of fused-ring (bicyclic) bond motifs is 1. The first-order chi connectivity index (χ1) is 16.5. The van der Waals surface area contributed by atoms with Crippen molar-refractivity contribution >= 4 is 5.69 Å². The van der Waals surface area contributed by atoms with Gasteiger partial charge in [0.2, 0.25) is 0 Å². The van der Waals surface area contributed by atoms with E-state index in [1.165, 1.54) is 17.7 Å². The molecule has 34 heavy (non-hydrogen) atoms. The summed E-state index contributed by atoms with van der Waals surface area (Å²) in [5, 5.41) is 3.50. The third-order valence-electron chi connectivity index (χ3n) is 6.10. The van der Waals surface area contributed by atoms with Gasteiger partial charge in [0.1, 0.15) is 29.4 Å². The Morgan fingerprint density at radius 1 is 0.941 bits per heavy atom. The van der Waals surface area contributed by atoms with Crippen molar-refractivity contribution in [3.05, 3.63) is 95.3 Å². The van der Waals surface area contributed by atoms with Crippen LogP contribution in [0.1, 0.15) is 56.4 Å². The zero-order valence-electron chi connectivity index (χ0n) is 20.2. The Morgan fingerprint density at radius 3 is 2.50 bits per heavy atom. The molecule has 2 atom stereocenters. The molecule has 0 fully saturated rings. The number of benzene rings is 3. The van der Waals surface area contributed by atoms with Crippen LogP contribution in [0.5, 0.6) is 5.75 Å². The van der Waals surface area contributed by atoms with Crippen LogP contribution in [-0.2, 0) is 22.6 Å². The lowest BCUT2D eigenvalue weighted by atomic mass is 9.87. The summed E-state index contributed by atoms with van der Waals surface area (Å²) in [6.07, 6.45) is 1.37. The number of hydrogen-bond acceptors (Lipinski definition) is 4. The molecule has 1 heterocycles. The van der Waals surface area contributed by atoms with E-state index in [0.29, 0.717) is 6.61 Å². The van der Waals surface area contributed by atoms with Gasteiger partial charge in [-0.2, -0.15) is 0 Å². The number of hydrogen-bond donors (Lipinski definition) is 1. The van der Waals surface area contributed by atoms with E-state index in [9.17, 15) is 4.39 Å². The summed E-state index contributed by atoms with van der Waals surface area (Å²) in [6.45, 7) is 7.83. The van der Waals surface area contributed by atoms with Crippen molar-refractivity contribution in [2.24, 2.45) is 0 Å². The van der Waals surface area contributed by atoms with Gasteiger partial charge in [-0.05, 0) is 61.7 Å². The maximum Gasteiger partial charge on any atom is 0.132 e. The van der Waals surface area contributed by atoms with Crippen LogP contribution in [0, 0.1) is 5.82 Å². The molecule has 4 rings (SSSR count). The van der Waals surface area contributed by atoms with Gasteiger partial charge in [-0.15, -0.1) is 0 Å². The Kier molecular flexibility index (Phi) is 7.86. The lowest BCUT2D eigenvalue weighted by molar-refractivity contribution is -0.167. The van der Waals surface area contributed by atoms with Crippen LogP contribution < -0.4 is 10.1 Å². The third kappa shape index (κ3) is 5.96. The molecule has 0 aromatic heterocycles. The minimum atomic E-state index is -0.615. The zero-order valence-corrected chi connectivity index (χ0v) is 20.2. The highest BCUT2D eigenvalue weighted by atomic mass is 19.1. The highest BCUT2D eigenvalue weighted by Crippen LogP contribution is 2.44. The van der Waals surface area contributed by atoms with E-state index in [2.05, 4.69) is 30.4 Å². The minimum absolute atomic E-state index is 0.268. The molecule has 3 aromatic carbocycles. The van der Waals surface area contributed by atoms with Crippen LogP contribution in [0.2, 0.25) is 0 Å². The first-order valence-electron chi connectivity index (χ1n) is 12.0. The van der Waals surface area contributed by atoms with Crippen molar-refractivity contribution < 1.29 is 18.6 Å². The maximum absolute atomic E-state index is 13.7. The summed E-state index contributed by atoms with van der Waals surface area (Å²) in [7, 11) is 0. The molecule has 0 radical (unpaired) electrons. The standard InChI is InChI=1S/C29H34FNO3/c1-4-5-16-32-27-25-18-24(31-19-21-10-7-6-8-11-21)14-15-26(25)34-29(2,3)28(27)33-20-22-12-9-13-23(30)17-22/h6-15,17-18,27-28,31H,4-5,16,19-20H2,1-3H3. The Bertz CT molecular complexity index is 1070. The summed E-state index contributed by atoms with van der Waals surface area (Å²) >= 11 is 0. The van der Waals surface area contributed by atoms with Gasteiger partial charge in [-0.1, -0.05) is 55.8 Å². The van der Waals surface area contributed by atoms with Crippen LogP contribution in [-0.4, -0.2) is 18.3 Å². The molecule has 0 spiro atoms. The SMILES string of the molecule is CCCCOC1c2cc(NCc3ccccc3)ccc2OC(C)(C)C1OCc1cccc(F)c1.